The quantitative estimate of drug-likeness (QED) is 0.552. The van der Waals surface area contributed by atoms with Gasteiger partial charge in [-0.15, -0.1) is 11.3 Å². The molecule has 134 valence electrons. The Kier molecular flexibility index (Phi) is 4.41. The van der Waals surface area contributed by atoms with E-state index in [2.05, 4.69) is 39.1 Å². The highest BCUT2D eigenvalue weighted by molar-refractivity contribution is 9.11. The second-order valence-corrected chi connectivity index (χ2v) is 9.57. The highest BCUT2D eigenvalue weighted by Crippen LogP contribution is 2.32. The Morgan fingerprint density at radius 2 is 2.15 bits per heavy atom. The first-order chi connectivity index (χ1) is 12.7. The van der Waals surface area contributed by atoms with Crippen LogP contribution >= 0.6 is 39.6 Å². The number of rotatable bonds is 3. The van der Waals surface area contributed by atoms with Gasteiger partial charge in [-0.25, -0.2) is 4.98 Å². The summed E-state index contributed by atoms with van der Waals surface area (Å²) in [5, 5.41) is 0. The first kappa shape index (κ1) is 16.9. The maximum atomic E-state index is 12.9. The fourth-order valence-electron chi connectivity index (χ4n) is 3.66. The van der Waals surface area contributed by atoms with Gasteiger partial charge in [0.05, 0.1) is 15.6 Å². The van der Waals surface area contributed by atoms with E-state index in [4.69, 9.17) is 8.37 Å². The zero-order valence-electron chi connectivity index (χ0n) is 13.7. The number of hydrogen-bond donors (Lipinski definition) is 0. The minimum atomic E-state index is -0.129. The second kappa shape index (κ2) is 6.76. The van der Waals surface area contributed by atoms with Crippen molar-refractivity contribution in [1.82, 2.24) is 9.55 Å². The summed E-state index contributed by atoms with van der Waals surface area (Å²) >= 11 is 5.95. The number of benzene rings is 1. The molecule has 1 fully saturated rings. The number of nitrogens with zero attached hydrogens (tertiary/aromatic N) is 2. The van der Waals surface area contributed by atoms with Gasteiger partial charge in [0.25, 0.3) is 5.56 Å². The summed E-state index contributed by atoms with van der Waals surface area (Å²) in [5.41, 5.74) is 4.74. The average Bonchev–Trinajstić information content (AvgIpc) is 2.99. The molecule has 0 unspecified atom stereocenters. The van der Waals surface area contributed by atoms with Gasteiger partial charge in [0.1, 0.15) is 4.70 Å². The van der Waals surface area contributed by atoms with Crippen molar-refractivity contribution in [3.05, 3.63) is 61.4 Å². The lowest BCUT2D eigenvalue weighted by molar-refractivity contribution is -0.0387. The molecule has 1 aromatic carbocycles. The van der Waals surface area contributed by atoms with Crippen LogP contribution in [0.5, 0.6) is 0 Å². The Hall–Kier alpha value is -1.19. The third-order valence-electron chi connectivity index (χ3n) is 4.99. The van der Waals surface area contributed by atoms with Crippen LogP contribution < -0.4 is 5.56 Å². The standard InChI is InChI=1S/C18H15BrN2O3S2/c19-15-8-14-17(25-15)18(22)21(9-20-14)13-4-3-11-5-10(1-2-12(11)7-13)6-16-23-26-24-16/h1-2,5,8-9,13,16H,3-4,6-7H2/t13-/m0/s1. The number of thiophene rings is 1. The second-order valence-electron chi connectivity index (χ2n) is 6.62. The van der Waals surface area contributed by atoms with E-state index in [0.717, 1.165) is 52.0 Å². The molecule has 1 aliphatic heterocycles. The molecular formula is C18H15BrN2O3S2. The van der Waals surface area contributed by atoms with Crippen LogP contribution in [0.1, 0.15) is 29.2 Å². The number of aryl methyl sites for hydroxylation is 1. The molecule has 2 aliphatic rings. The molecule has 0 N–H and O–H groups in total. The molecule has 3 aromatic rings. The van der Waals surface area contributed by atoms with Crippen molar-refractivity contribution in [3.63, 3.8) is 0 Å². The molecule has 0 bridgehead atoms. The van der Waals surface area contributed by atoms with Crippen molar-refractivity contribution in [1.29, 1.82) is 0 Å². The molecular weight excluding hydrogens is 436 g/mol. The summed E-state index contributed by atoms with van der Waals surface area (Å²) in [6, 6.07) is 8.63. The van der Waals surface area contributed by atoms with Crippen LogP contribution in [0.25, 0.3) is 10.2 Å². The van der Waals surface area contributed by atoms with Gasteiger partial charge < -0.3 is 0 Å². The molecule has 1 saturated heterocycles. The molecule has 0 radical (unpaired) electrons. The van der Waals surface area contributed by atoms with E-state index >= 15 is 0 Å². The van der Waals surface area contributed by atoms with E-state index in [-0.39, 0.29) is 17.9 Å². The third-order valence-corrected chi connectivity index (χ3v) is 7.20. The van der Waals surface area contributed by atoms with Crippen LogP contribution in [-0.2, 0) is 27.6 Å². The Morgan fingerprint density at radius 3 is 2.96 bits per heavy atom. The monoisotopic (exact) mass is 450 g/mol. The molecule has 8 heteroatoms. The Morgan fingerprint density at radius 1 is 1.27 bits per heavy atom. The molecule has 0 saturated carbocycles. The first-order valence-electron chi connectivity index (χ1n) is 8.43. The fourth-order valence-corrected chi connectivity index (χ4v) is 5.47. The van der Waals surface area contributed by atoms with Crippen LogP contribution in [0.3, 0.4) is 0 Å². The smallest absolute Gasteiger partial charge is 0.271 e. The van der Waals surface area contributed by atoms with Crippen molar-refractivity contribution < 1.29 is 8.37 Å². The third kappa shape index (κ3) is 3.03. The lowest BCUT2D eigenvalue weighted by Gasteiger charge is -2.27. The first-order valence-corrected chi connectivity index (χ1v) is 10.7. The zero-order valence-corrected chi connectivity index (χ0v) is 16.9. The van der Waals surface area contributed by atoms with Crippen LogP contribution in [0.2, 0.25) is 0 Å². The maximum absolute atomic E-state index is 12.9. The van der Waals surface area contributed by atoms with Gasteiger partial charge in [-0.2, -0.15) is 0 Å². The summed E-state index contributed by atoms with van der Waals surface area (Å²) < 4.78 is 14.0. The van der Waals surface area contributed by atoms with E-state index in [9.17, 15) is 4.79 Å². The highest BCUT2D eigenvalue weighted by Gasteiger charge is 2.25. The molecule has 0 amide bonds. The van der Waals surface area contributed by atoms with Gasteiger partial charge >= 0.3 is 0 Å². The summed E-state index contributed by atoms with van der Waals surface area (Å²) in [6.07, 6.45) is 5.13. The molecule has 3 heterocycles. The predicted molar refractivity (Wildman–Crippen MR) is 106 cm³/mol. The summed E-state index contributed by atoms with van der Waals surface area (Å²) in [4.78, 5) is 17.3. The SMILES string of the molecule is O=c1c2sc(Br)cc2ncn1[C@H]1CCc2cc(CC3OSO3)ccc2C1. The van der Waals surface area contributed by atoms with Crippen molar-refractivity contribution >= 4 is 49.8 Å². The van der Waals surface area contributed by atoms with E-state index in [0.29, 0.717) is 0 Å². The van der Waals surface area contributed by atoms with Crippen molar-refractivity contribution in [2.24, 2.45) is 0 Å². The number of halogens is 1. The number of fused-ring (bicyclic) bond motifs is 2. The molecule has 5 nitrogen and oxygen atoms in total. The van der Waals surface area contributed by atoms with Gasteiger partial charge in [0.15, 0.2) is 18.6 Å². The van der Waals surface area contributed by atoms with Gasteiger partial charge in [-0.3, -0.25) is 17.7 Å². The molecule has 0 spiro atoms. The zero-order chi connectivity index (χ0) is 17.7. The maximum Gasteiger partial charge on any atom is 0.271 e. The largest absolute Gasteiger partial charge is 0.295 e. The Bertz CT molecular complexity index is 1040. The normalized spacial score (nSPS) is 20.1. The molecule has 2 aromatic heterocycles. The van der Waals surface area contributed by atoms with E-state index < -0.39 is 0 Å². The van der Waals surface area contributed by atoms with Gasteiger partial charge in [0, 0.05) is 12.5 Å². The summed E-state index contributed by atoms with van der Waals surface area (Å²) in [7, 11) is 0. The topological polar surface area (TPSA) is 53.4 Å². The lowest BCUT2D eigenvalue weighted by Crippen LogP contribution is -2.28. The van der Waals surface area contributed by atoms with Gasteiger partial charge in [0.2, 0.25) is 0 Å². The fraction of sp³-hybridized carbons (Fsp3) is 0.333. The Labute approximate surface area is 166 Å². The van der Waals surface area contributed by atoms with Crippen LogP contribution in [0, 0.1) is 0 Å². The van der Waals surface area contributed by atoms with Crippen LogP contribution in [0.4, 0.5) is 0 Å². The van der Waals surface area contributed by atoms with Gasteiger partial charge in [-0.05, 0) is 57.9 Å². The average molecular weight is 451 g/mol. The highest BCUT2D eigenvalue weighted by atomic mass is 79.9. The predicted octanol–water partition coefficient (Wildman–Crippen LogP) is 4.43. The van der Waals surface area contributed by atoms with Gasteiger partial charge in [-0.1, -0.05) is 18.2 Å². The Balaban J connectivity index is 1.41. The van der Waals surface area contributed by atoms with Crippen molar-refractivity contribution in [3.8, 4) is 0 Å². The van der Waals surface area contributed by atoms with Crippen molar-refractivity contribution in [2.75, 3.05) is 0 Å². The van der Waals surface area contributed by atoms with E-state index in [1.165, 1.54) is 28.0 Å². The molecule has 1 atom stereocenters. The van der Waals surface area contributed by atoms with Crippen LogP contribution in [-0.4, -0.2) is 15.8 Å². The summed E-state index contributed by atoms with van der Waals surface area (Å²) in [6.45, 7) is 0. The number of hydrogen-bond acceptors (Lipinski definition) is 6. The molecule has 5 rings (SSSR count). The number of aromatic nitrogens is 2. The minimum absolute atomic E-state index is 0.0625. The van der Waals surface area contributed by atoms with E-state index in [1.54, 1.807) is 6.33 Å². The lowest BCUT2D eigenvalue weighted by atomic mass is 9.86. The summed E-state index contributed by atoms with van der Waals surface area (Å²) in [5.74, 6) is 0. The molecule has 26 heavy (non-hydrogen) atoms. The molecule has 1 aliphatic carbocycles. The van der Waals surface area contributed by atoms with Crippen molar-refractivity contribution in [2.45, 2.75) is 38.0 Å². The van der Waals surface area contributed by atoms with E-state index in [1.807, 2.05) is 10.6 Å². The van der Waals surface area contributed by atoms with Crippen LogP contribution in [0.15, 0.2) is 39.2 Å². The minimum Gasteiger partial charge on any atom is -0.295 e.